The summed E-state index contributed by atoms with van der Waals surface area (Å²) in [5.74, 6) is 2.31. The van der Waals surface area contributed by atoms with Crippen LogP contribution in [0, 0.1) is 0 Å². The van der Waals surface area contributed by atoms with E-state index in [1.54, 1.807) is 19.1 Å². The Morgan fingerprint density at radius 1 is 0.920 bits per heavy atom. The number of benzene rings is 2. The number of nitrogens with one attached hydrogen (secondary N) is 2. The Labute approximate surface area is 145 Å². The molecule has 0 spiro atoms. The van der Waals surface area contributed by atoms with Crippen LogP contribution in [0.15, 0.2) is 66.7 Å². The van der Waals surface area contributed by atoms with Crippen molar-refractivity contribution < 1.29 is 9.53 Å². The van der Waals surface area contributed by atoms with Gasteiger partial charge in [0.25, 0.3) is 0 Å². The molecule has 0 aliphatic rings. The predicted molar refractivity (Wildman–Crippen MR) is 97.2 cm³/mol. The minimum absolute atomic E-state index is 0.100. The lowest BCUT2D eigenvalue weighted by Crippen LogP contribution is -2.11. The van der Waals surface area contributed by atoms with Crippen LogP contribution in [0.4, 0.5) is 17.3 Å². The van der Waals surface area contributed by atoms with Gasteiger partial charge in [-0.2, -0.15) is 0 Å². The molecule has 0 saturated heterocycles. The first kappa shape index (κ1) is 16.4. The molecule has 1 aromatic heterocycles. The molecule has 6 heteroatoms. The third kappa shape index (κ3) is 4.54. The molecule has 0 saturated carbocycles. The number of hydrogen-bond acceptors (Lipinski definition) is 5. The number of ether oxygens (including phenoxy) is 1. The number of rotatable bonds is 6. The second-order valence-corrected chi connectivity index (χ2v) is 5.24. The summed E-state index contributed by atoms with van der Waals surface area (Å²) in [4.78, 5) is 11.4. The van der Waals surface area contributed by atoms with Gasteiger partial charge in [0, 0.05) is 6.42 Å². The molecular formula is C19H18N4O2. The average Bonchev–Trinajstić information content (AvgIpc) is 2.65. The van der Waals surface area contributed by atoms with Crippen LogP contribution in [0.5, 0.6) is 11.5 Å². The number of amides is 1. The minimum Gasteiger partial charge on any atom is -0.455 e. The Balaban J connectivity index is 1.73. The highest BCUT2D eigenvalue weighted by Crippen LogP contribution is 2.30. The molecule has 2 aromatic carbocycles. The normalized spacial score (nSPS) is 10.1. The third-order valence-electron chi connectivity index (χ3n) is 3.37. The van der Waals surface area contributed by atoms with Crippen molar-refractivity contribution in [2.45, 2.75) is 13.3 Å². The predicted octanol–water partition coefficient (Wildman–Crippen LogP) is 4.36. The maximum Gasteiger partial charge on any atom is 0.225 e. The SMILES string of the molecule is CCC(=O)Nc1ccc(Nc2ccccc2Oc2ccccc2)nn1. The number of para-hydroxylation sites is 3. The fraction of sp³-hybridized carbons (Fsp3) is 0.105. The molecule has 0 aliphatic carbocycles. The number of carbonyl (C=O) groups excluding carboxylic acids is 1. The largest absolute Gasteiger partial charge is 0.455 e. The summed E-state index contributed by atoms with van der Waals surface area (Å²) >= 11 is 0. The van der Waals surface area contributed by atoms with Crippen molar-refractivity contribution in [2.75, 3.05) is 10.6 Å². The molecule has 1 amide bonds. The van der Waals surface area contributed by atoms with Gasteiger partial charge in [0.2, 0.25) is 5.91 Å². The van der Waals surface area contributed by atoms with Crippen LogP contribution >= 0.6 is 0 Å². The zero-order valence-corrected chi connectivity index (χ0v) is 13.8. The average molecular weight is 334 g/mol. The molecule has 0 aliphatic heterocycles. The Hall–Kier alpha value is -3.41. The standard InChI is InChI=1S/C19H18N4O2/c1-2-19(24)21-18-13-12-17(22-23-18)20-15-10-6-7-11-16(15)25-14-8-4-3-5-9-14/h3-13H,2H2,1H3,(H,20,22)(H,21,23,24). The van der Waals surface area contributed by atoms with E-state index in [-0.39, 0.29) is 5.91 Å². The summed E-state index contributed by atoms with van der Waals surface area (Å²) in [5, 5.41) is 13.9. The van der Waals surface area contributed by atoms with Gasteiger partial charge in [-0.1, -0.05) is 37.3 Å². The van der Waals surface area contributed by atoms with Crippen LogP contribution in [0.3, 0.4) is 0 Å². The van der Waals surface area contributed by atoms with E-state index < -0.39 is 0 Å². The Morgan fingerprint density at radius 3 is 2.32 bits per heavy atom. The minimum atomic E-state index is -0.100. The Kier molecular flexibility index (Phi) is 5.21. The molecule has 2 N–H and O–H groups in total. The van der Waals surface area contributed by atoms with Gasteiger partial charge in [-0.25, -0.2) is 0 Å². The van der Waals surface area contributed by atoms with E-state index in [0.717, 1.165) is 11.4 Å². The lowest BCUT2D eigenvalue weighted by molar-refractivity contribution is -0.115. The molecule has 3 aromatic rings. The highest BCUT2D eigenvalue weighted by molar-refractivity contribution is 5.89. The van der Waals surface area contributed by atoms with Gasteiger partial charge >= 0.3 is 0 Å². The first-order valence-corrected chi connectivity index (χ1v) is 7.97. The van der Waals surface area contributed by atoms with Gasteiger partial charge in [-0.15, -0.1) is 10.2 Å². The van der Waals surface area contributed by atoms with Crippen molar-refractivity contribution in [2.24, 2.45) is 0 Å². The zero-order chi connectivity index (χ0) is 17.5. The van der Waals surface area contributed by atoms with Crippen molar-refractivity contribution in [3.05, 3.63) is 66.7 Å². The summed E-state index contributed by atoms with van der Waals surface area (Å²) < 4.78 is 5.90. The molecule has 6 nitrogen and oxygen atoms in total. The van der Waals surface area contributed by atoms with Gasteiger partial charge in [-0.05, 0) is 36.4 Å². The first-order chi connectivity index (χ1) is 12.2. The van der Waals surface area contributed by atoms with E-state index in [2.05, 4.69) is 20.8 Å². The number of carbonyl (C=O) groups is 1. The van der Waals surface area contributed by atoms with Crippen LogP contribution in [-0.4, -0.2) is 16.1 Å². The summed E-state index contributed by atoms with van der Waals surface area (Å²) in [6.07, 6.45) is 0.395. The van der Waals surface area contributed by atoms with E-state index in [0.29, 0.717) is 23.8 Å². The van der Waals surface area contributed by atoms with E-state index in [1.165, 1.54) is 0 Å². The van der Waals surface area contributed by atoms with Crippen molar-refractivity contribution in [1.82, 2.24) is 10.2 Å². The molecule has 0 unspecified atom stereocenters. The summed E-state index contributed by atoms with van der Waals surface area (Å²) in [7, 11) is 0. The zero-order valence-electron chi connectivity index (χ0n) is 13.8. The Morgan fingerprint density at radius 2 is 1.60 bits per heavy atom. The monoisotopic (exact) mass is 334 g/mol. The summed E-state index contributed by atoms with van der Waals surface area (Å²) in [6, 6.07) is 20.6. The van der Waals surface area contributed by atoms with Crippen LogP contribution in [0.2, 0.25) is 0 Å². The van der Waals surface area contributed by atoms with Gasteiger partial charge in [-0.3, -0.25) is 4.79 Å². The highest BCUT2D eigenvalue weighted by atomic mass is 16.5. The van der Waals surface area contributed by atoms with Gasteiger partial charge < -0.3 is 15.4 Å². The van der Waals surface area contributed by atoms with Gasteiger partial charge in [0.15, 0.2) is 17.4 Å². The fourth-order valence-corrected chi connectivity index (χ4v) is 2.11. The second kappa shape index (κ2) is 7.92. The molecule has 1 heterocycles. The van der Waals surface area contributed by atoms with Crippen LogP contribution < -0.4 is 15.4 Å². The van der Waals surface area contributed by atoms with Gasteiger partial charge in [0.1, 0.15) is 5.75 Å². The van der Waals surface area contributed by atoms with Gasteiger partial charge in [0.05, 0.1) is 5.69 Å². The molecule has 0 fully saturated rings. The van der Waals surface area contributed by atoms with Crippen molar-refractivity contribution in [3.63, 3.8) is 0 Å². The fourth-order valence-electron chi connectivity index (χ4n) is 2.11. The van der Waals surface area contributed by atoms with E-state index in [4.69, 9.17) is 4.74 Å². The van der Waals surface area contributed by atoms with E-state index in [1.807, 2.05) is 54.6 Å². The van der Waals surface area contributed by atoms with Crippen molar-refractivity contribution in [3.8, 4) is 11.5 Å². The maximum absolute atomic E-state index is 11.4. The lowest BCUT2D eigenvalue weighted by atomic mass is 10.3. The van der Waals surface area contributed by atoms with E-state index in [9.17, 15) is 4.79 Å². The maximum atomic E-state index is 11.4. The quantitative estimate of drug-likeness (QED) is 0.700. The number of aromatic nitrogens is 2. The first-order valence-electron chi connectivity index (χ1n) is 7.97. The summed E-state index contributed by atoms with van der Waals surface area (Å²) in [6.45, 7) is 1.78. The number of anilines is 3. The lowest BCUT2D eigenvalue weighted by Gasteiger charge is -2.12. The smallest absolute Gasteiger partial charge is 0.225 e. The highest BCUT2D eigenvalue weighted by Gasteiger charge is 2.07. The molecule has 0 atom stereocenters. The number of nitrogens with zero attached hydrogens (tertiary/aromatic N) is 2. The van der Waals surface area contributed by atoms with Crippen LogP contribution in [0.1, 0.15) is 13.3 Å². The van der Waals surface area contributed by atoms with E-state index >= 15 is 0 Å². The molecule has 126 valence electrons. The molecule has 0 bridgehead atoms. The topological polar surface area (TPSA) is 76.1 Å². The molecule has 3 rings (SSSR count). The third-order valence-corrected chi connectivity index (χ3v) is 3.37. The van der Waals surface area contributed by atoms with Crippen molar-refractivity contribution >= 4 is 23.2 Å². The second-order valence-electron chi connectivity index (χ2n) is 5.24. The molecule has 0 radical (unpaired) electrons. The van der Waals surface area contributed by atoms with Crippen LogP contribution in [-0.2, 0) is 4.79 Å². The molecular weight excluding hydrogens is 316 g/mol. The number of hydrogen-bond donors (Lipinski definition) is 2. The molecule has 25 heavy (non-hydrogen) atoms. The van der Waals surface area contributed by atoms with Crippen molar-refractivity contribution in [1.29, 1.82) is 0 Å². The Bertz CT molecular complexity index is 836. The van der Waals surface area contributed by atoms with Crippen LogP contribution in [0.25, 0.3) is 0 Å². The summed E-state index contributed by atoms with van der Waals surface area (Å²) in [5.41, 5.74) is 0.769.